The lowest BCUT2D eigenvalue weighted by Gasteiger charge is -2.28. The summed E-state index contributed by atoms with van der Waals surface area (Å²) in [5, 5.41) is 15.9. The van der Waals surface area contributed by atoms with Gasteiger partial charge in [0.15, 0.2) is 0 Å². The van der Waals surface area contributed by atoms with Crippen molar-refractivity contribution in [3.63, 3.8) is 0 Å². The molecule has 1 aliphatic rings. The monoisotopic (exact) mass is 290 g/mol. The van der Waals surface area contributed by atoms with Crippen LogP contribution < -0.4 is 10.6 Å². The first-order valence-electron chi connectivity index (χ1n) is 7.78. The molecule has 1 aliphatic heterocycles. The minimum absolute atomic E-state index is 0.0701. The van der Waals surface area contributed by atoms with Crippen LogP contribution in [-0.4, -0.2) is 36.8 Å². The molecular formula is C17H26N2O2. The van der Waals surface area contributed by atoms with Gasteiger partial charge in [0.25, 0.3) is 0 Å². The van der Waals surface area contributed by atoms with Crippen molar-refractivity contribution in [2.45, 2.75) is 39.2 Å². The number of carbonyl (C=O) groups is 1. The predicted molar refractivity (Wildman–Crippen MR) is 84.2 cm³/mol. The van der Waals surface area contributed by atoms with Crippen molar-refractivity contribution in [2.75, 3.05) is 19.6 Å². The second-order valence-corrected chi connectivity index (χ2v) is 6.05. The molecule has 2 rings (SSSR count). The molecule has 0 saturated carbocycles. The van der Waals surface area contributed by atoms with Crippen molar-refractivity contribution in [1.29, 1.82) is 0 Å². The zero-order valence-electron chi connectivity index (χ0n) is 13.0. The van der Waals surface area contributed by atoms with E-state index in [2.05, 4.69) is 42.7 Å². The van der Waals surface area contributed by atoms with Crippen molar-refractivity contribution >= 4 is 5.91 Å². The number of aliphatic hydroxyl groups excluding tert-OH is 1. The highest BCUT2D eigenvalue weighted by Gasteiger charge is 2.22. The molecule has 1 fully saturated rings. The van der Waals surface area contributed by atoms with Gasteiger partial charge in [0.05, 0.1) is 6.10 Å². The first-order chi connectivity index (χ1) is 10.1. The van der Waals surface area contributed by atoms with Gasteiger partial charge in [0.2, 0.25) is 5.91 Å². The molecule has 0 spiro atoms. The van der Waals surface area contributed by atoms with E-state index in [1.54, 1.807) is 0 Å². The van der Waals surface area contributed by atoms with E-state index < -0.39 is 0 Å². The van der Waals surface area contributed by atoms with Gasteiger partial charge >= 0.3 is 0 Å². The zero-order valence-corrected chi connectivity index (χ0v) is 13.0. The Hall–Kier alpha value is -1.39. The third-order valence-corrected chi connectivity index (χ3v) is 4.27. The average molecular weight is 290 g/mol. The van der Waals surface area contributed by atoms with Crippen molar-refractivity contribution < 1.29 is 9.90 Å². The number of aliphatic hydroxyl groups is 1. The fourth-order valence-electron chi connectivity index (χ4n) is 2.84. The largest absolute Gasteiger partial charge is 0.391 e. The van der Waals surface area contributed by atoms with Crippen LogP contribution in [0.25, 0.3) is 0 Å². The highest BCUT2D eigenvalue weighted by atomic mass is 16.3. The third kappa shape index (κ3) is 4.83. The van der Waals surface area contributed by atoms with Crippen molar-refractivity contribution in [3.05, 3.63) is 34.9 Å². The summed E-state index contributed by atoms with van der Waals surface area (Å²) in [4.78, 5) is 11.9. The smallest absolute Gasteiger partial charge is 0.220 e. The summed E-state index contributed by atoms with van der Waals surface area (Å²) >= 11 is 0. The Morgan fingerprint density at radius 3 is 2.95 bits per heavy atom. The van der Waals surface area contributed by atoms with Crippen LogP contribution in [-0.2, 0) is 11.2 Å². The van der Waals surface area contributed by atoms with Crippen LogP contribution >= 0.6 is 0 Å². The number of β-amino-alcohol motifs (C(OH)–C–C–N with tert-alkyl or cyclic N) is 1. The molecule has 1 saturated heterocycles. The van der Waals surface area contributed by atoms with Gasteiger partial charge in [-0.1, -0.05) is 23.8 Å². The van der Waals surface area contributed by atoms with Crippen molar-refractivity contribution in [2.24, 2.45) is 5.92 Å². The molecule has 0 radical (unpaired) electrons. The van der Waals surface area contributed by atoms with Crippen LogP contribution in [0.15, 0.2) is 18.2 Å². The Kier molecular flexibility index (Phi) is 5.76. The molecule has 1 aromatic carbocycles. The number of benzene rings is 1. The maximum atomic E-state index is 11.9. The summed E-state index contributed by atoms with van der Waals surface area (Å²) in [6.45, 7) is 6.29. The topological polar surface area (TPSA) is 61.4 Å². The number of aryl methyl sites for hydroxylation is 3. The molecule has 1 amide bonds. The number of amides is 1. The van der Waals surface area contributed by atoms with E-state index in [9.17, 15) is 9.90 Å². The first kappa shape index (κ1) is 16.0. The van der Waals surface area contributed by atoms with Crippen LogP contribution in [0.3, 0.4) is 0 Å². The molecule has 116 valence electrons. The summed E-state index contributed by atoms with van der Waals surface area (Å²) in [5.41, 5.74) is 3.73. The maximum Gasteiger partial charge on any atom is 0.220 e. The summed E-state index contributed by atoms with van der Waals surface area (Å²) in [6, 6.07) is 6.35. The van der Waals surface area contributed by atoms with E-state index in [1.165, 1.54) is 16.7 Å². The summed E-state index contributed by atoms with van der Waals surface area (Å²) in [6.07, 6.45) is 1.84. The molecule has 0 unspecified atom stereocenters. The zero-order chi connectivity index (χ0) is 15.2. The molecule has 4 heteroatoms. The van der Waals surface area contributed by atoms with E-state index in [4.69, 9.17) is 0 Å². The normalized spacial score (nSPS) is 22.0. The lowest BCUT2D eigenvalue weighted by Crippen LogP contribution is -2.45. The van der Waals surface area contributed by atoms with Crippen LogP contribution in [0.5, 0.6) is 0 Å². The van der Waals surface area contributed by atoms with E-state index in [1.807, 2.05) is 0 Å². The minimum atomic E-state index is -0.349. The van der Waals surface area contributed by atoms with E-state index in [-0.39, 0.29) is 17.9 Å². The molecular weight excluding hydrogens is 264 g/mol. The Labute approximate surface area is 126 Å². The Balaban J connectivity index is 1.74. The first-order valence-corrected chi connectivity index (χ1v) is 7.78. The van der Waals surface area contributed by atoms with Crippen molar-refractivity contribution in [1.82, 2.24) is 10.6 Å². The van der Waals surface area contributed by atoms with E-state index in [0.29, 0.717) is 19.5 Å². The third-order valence-electron chi connectivity index (χ3n) is 4.27. The number of nitrogens with one attached hydrogen (secondary N) is 2. The summed E-state index contributed by atoms with van der Waals surface area (Å²) < 4.78 is 0. The highest BCUT2D eigenvalue weighted by molar-refractivity contribution is 5.76. The summed E-state index contributed by atoms with van der Waals surface area (Å²) in [7, 11) is 0. The number of hydrogen-bond acceptors (Lipinski definition) is 3. The van der Waals surface area contributed by atoms with Crippen LogP contribution in [0.1, 0.15) is 29.5 Å². The average Bonchev–Trinajstić information content (AvgIpc) is 2.45. The van der Waals surface area contributed by atoms with Crippen molar-refractivity contribution in [3.8, 4) is 0 Å². The second kappa shape index (κ2) is 7.57. The molecule has 0 aliphatic carbocycles. The molecule has 2 atom stereocenters. The van der Waals surface area contributed by atoms with Gasteiger partial charge < -0.3 is 15.7 Å². The van der Waals surface area contributed by atoms with Gasteiger partial charge in [0.1, 0.15) is 0 Å². The molecule has 1 heterocycles. The van der Waals surface area contributed by atoms with Gasteiger partial charge in [-0.3, -0.25) is 4.79 Å². The quantitative estimate of drug-likeness (QED) is 0.766. The lowest BCUT2D eigenvalue weighted by molar-refractivity contribution is -0.121. The fourth-order valence-corrected chi connectivity index (χ4v) is 2.84. The number of rotatable bonds is 5. The summed E-state index contributed by atoms with van der Waals surface area (Å²) in [5.74, 6) is 0.247. The van der Waals surface area contributed by atoms with Gasteiger partial charge in [-0.15, -0.1) is 0 Å². The Bertz CT molecular complexity index is 488. The highest BCUT2D eigenvalue weighted by Crippen LogP contribution is 2.13. The van der Waals surface area contributed by atoms with Gasteiger partial charge in [-0.05, 0) is 44.4 Å². The number of piperidine rings is 1. The molecule has 3 N–H and O–H groups in total. The predicted octanol–water partition coefficient (Wildman–Crippen LogP) is 1.32. The molecule has 4 nitrogen and oxygen atoms in total. The molecule has 1 aromatic rings. The second-order valence-electron chi connectivity index (χ2n) is 6.05. The minimum Gasteiger partial charge on any atom is -0.391 e. The van der Waals surface area contributed by atoms with Gasteiger partial charge in [-0.2, -0.15) is 0 Å². The Morgan fingerprint density at radius 2 is 2.24 bits per heavy atom. The Morgan fingerprint density at radius 1 is 1.43 bits per heavy atom. The van der Waals surface area contributed by atoms with E-state index in [0.717, 1.165) is 19.4 Å². The SMILES string of the molecule is Cc1ccc(CCC(=O)NC[C@@H]2CCNC[C@H]2O)c(C)c1. The van der Waals surface area contributed by atoms with Crippen LogP contribution in [0, 0.1) is 19.8 Å². The van der Waals surface area contributed by atoms with Crippen LogP contribution in [0.4, 0.5) is 0 Å². The molecule has 0 bridgehead atoms. The van der Waals surface area contributed by atoms with Crippen LogP contribution in [0.2, 0.25) is 0 Å². The molecule has 21 heavy (non-hydrogen) atoms. The molecule has 0 aromatic heterocycles. The maximum absolute atomic E-state index is 11.9. The van der Waals surface area contributed by atoms with E-state index >= 15 is 0 Å². The van der Waals surface area contributed by atoms with Gasteiger partial charge in [-0.25, -0.2) is 0 Å². The fraction of sp³-hybridized carbons (Fsp3) is 0.588. The number of hydrogen-bond donors (Lipinski definition) is 3. The van der Waals surface area contributed by atoms with Gasteiger partial charge in [0, 0.05) is 25.4 Å². The standard InChI is InChI=1S/C17H26N2O2/c1-12-3-4-14(13(2)9-12)5-6-17(21)19-10-15-7-8-18-11-16(15)20/h3-4,9,15-16,18,20H,5-8,10-11H2,1-2H3,(H,19,21)/t15-,16+/m0/s1. The lowest BCUT2D eigenvalue weighted by atomic mass is 9.95. The number of carbonyl (C=O) groups excluding carboxylic acids is 1.